The van der Waals surface area contributed by atoms with E-state index in [1.165, 1.54) is 7.11 Å². The normalized spacial score (nSPS) is 15.8. The number of benzene rings is 2. The van der Waals surface area contributed by atoms with E-state index in [0.29, 0.717) is 16.8 Å². The summed E-state index contributed by atoms with van der Waals surface area (Å²) < 4.78 is 6.78. The molecule has 2 N–H and O–H groups in total. The van der Waals surface area contributed by atoms with Gasteiger partial charge in [0.05, 0.1) is 19.1 Å². The summed E-state index contributed by atoms with van der Waals surface area (Å²) >= 11 is 0. The summed E-state index contributed by atoms with van der Waals surface area (Å²) in [5, 5.41) is 23.4. The van der Waals surface area contributed by atoms with E-state index >= 15 is 0 Å². The van der Waals surface area contributed by atoms with E-state index < -0.39 is 12.3 Å². The number of carbonyl (C=O) groups is 2. The Balaban J connectivity index is 1.75. The molecule has 0 aliphatic carbocycles. The van der Waals surface area contributed by atoms with Gasteiger partial charge in [0.1, 0.15) is 5.71 Å². The monoisotopic (exact) mass is 434 g/mol. The highest BCUT2D eigenvalue weighted by atomic mass is 16.7. The first kappa shape index (κ1) is 21.5. The van der Waals surface area contributed by atoms with Crippen LogP contribution in [0.2, 0.25) is 0 Å². The van der Waals surface area contributed by atoms with Crippen molar-refractivity contribution >= 4 is 34.6 Å². The highest BCUT2D eigenvalue weighted by molar-refractivity contribution is 6.31. The number of para-hydroxylation sites is 1. The van der Waals surface area contributed by atoms with Crippen LogP contribution in [0.1, 0.15) is 42.4 Å². The van der Waals surface area contributed by atoms with Crippen molar-refractivity contribution in [2.45, 2.75) is 25.7 Å². The van der Waals surface area contributed by atoms with Gasteiger partial charge < -0.3 is 24.4 Å². The van der Waals surface area contributed by atoms with E-state index in [0.717, 1.165) is 16.5 Å². The van der Waals surface area contributed by atoms with Crippen molar-refractivity contribution < 1.29 is 29.4 Å². The topological polar surface area (TPSA) is 110 Å². The zero-order chi connectivity index (χ0) is 22.8. The minimum atomic E-state index is -1.58. The predicted molar refractivity (Wildman–Crippen MR) is 118 cm³/mol. The molecule has 3 aromatic rings. The van der Waals surface area contributed by atoms with E-state index in [1.54, 1.807) is 30.3 Å². The summed E-state index contributed by atoms with van der Waals surface area (Å²) in [4.78, 5) is 29.1. The van der Waals surface area contributed by atoms with Gasteiger partial charge in [-0.25, -0.2) is 4.79 Å². The molecule has 0 saturated carbocycles. The molecule has 1 unspecified atom stereocenters. The Bertz CT molecular complexity index is 1240. The van der Waals surface area contributed by atoms with Crippen LogP contribution in [-0.2, 0) is 19.2 Å². The first-order chi connectivity index (χ1) is 15.4. The highest BCUT2D eigenvalue weighted by Gasteiger charge is 2.27. The number of aromatic nitrogens is 1. The van der Waals surface area contributed by atoms with Crippen molar-refractivity contribution in [1.29, 1.82) is 0 Å². The zero-order valence-corrected chi connectivity index (χ0v) is 17.6. The molecule has 4 rings (SSSR count). The molecule has 32 heavy (non-hydrogen) atoms. The smallest absolute Gasteiger partial charge is 0.368 e. The molecule has 2 aromatic carbocycles. The molecule has 164 valence electrons. The Morgan fingerprint density at radius 2 is 1.91 bits per heavy atom. The molecule has 8 nitrogen and oxygen atoms in total. The van der Waals surface area contributed by atoms with Crippen molar-refractivity contribution in [1.82, 2.24) is 4.57 Å². The number of ether oxygens (including phenoxy) is 1. The van der Waals surface area contributed by atoms with Crippen LogP contribution < -0.4 is 0 Å². The van der Waals surface area contributed by atoms with Gasteiger partial charge >= 0.3 is 11.9 Å². The standard InChI is InChI=1S/C24H22N2O6/c1-14(11-21(27)31-2)26-13-17(18-5-3-4-6-20(18)26)12-19-22(25-32-24(19)30)15-7-9-16(10-8-15)23(28)29/h3-10,12-14,23,28-29H,11H2,1-2H3/b19-12-. The maximum Gasteiger partial charge on any atom is 0.368 e. The van der Waals surface area contributed by atoms with Gasteiger partial charge in [0, 0.05) is 39.8 Å². The lowest BCUT2D eigenvalue weighted by atomic mass is 9.99. The number of methoxy groups -OCH3 is 1. The molecular weight excluding hydrogens is 412 g/mol. The minimum absolute atomic E-state index is 0.152. The average molecular weight is 434 g/mol. The molecule has 1 atom stereocenters. The van der Waals surface area contributed by atoms with E-state index in [9.17, 15) is 19.8 Å². The first-order valence-electron chi connectivity index (χ1n) is 10.0. The SMILES string of the molecule is COC(=O)CC(C)n1cc(/C=C2\C(=O)ON=C2c2ccc(C(O)O)cc2)c2ccccc21. The Hall–Kier alpha value is -3.75. The Kier molecular flexibility index (Phi) is 5.89. The van der Waals surface area contributed by atoms with Crippen LogP contribution in [0.5, 0.6) is 0 Å². The zero-order valence-electron chi connectivity index (χ0n) is 17.6. The van der Waals surface area contributed by atoms with E-state index in [2.05, 4.69) is 5.16 Å². The number of hydrogen-bond acceptors (Lipinski definition) is 7. The number of fused-ring (bicyclic) bond motifs is 1. The van der Waals surface area contributed by atoms with Gasteiger partial charge in [0.25, 0.3) is 0 Å². The van der Waals surface area contributed by atoms with Gasteiger partial charge in [-0.1, -0.05) is 47.6 Å². The van der Waals surface area contributed by atoms with Crippen LogP contribution in [0.3, 0.4) is 0 Å². The molecule has 8 heteroatoms. The van der Waals surface area contributed by atoms with Crippen LogP contribution in [0.15, 0.2) is 65.5 Å². The number of carbonyl (C=O) groups excluding carboxylic acids is 2. The van der Waals surface area contributed by atoms with E-state index in [1.807, 2.05) is 42.0 Å². The van der Waals surface area contributed by atoms with Gasteiger partial charge in [-0.3, -0.25) is 4.79 Å². The lowest BCUT2D eigenvalue weighted by Crippen LogP contribution is -2.11. The molecule has 0 fully saturated rings. The summed E-state index contributed by atoms with van der Waals surface area (Å²) in [5.41, 5.74) is 3.27. The molecular formula is C24H22N2O6. The van der Waals surface area contributed by atoms with Crippen LogP contribution in [0.4, 0.5) is 0 Å². The maximum absolute atomic E-state index is 12.4. The van der Waals surface area contributed by atoms with Crippen LogP contribution >= 0.6 is 0 Å². The molecule has 0 bridgehead atoms. The number of oxime groups is 1. The summed E-state index contributed by atoms with van der Waals surface area (Å²) in [7, 11) is 1.36. The first-order valence-corrected chi connectivity index (χ1v) is 10.0. The highest BCUT2D eigenvalue weighted by Crippen LogP contribution is 2.30. The largest absolute Gasteiger partial charge is 0.469 e. The Labute approximate surface area is 184 Å². The lowest BCUT2D eigenvalue weighted by molar-refractivity contribution is -0.141. The molecule has 2 heterocycles. The number of esters is 1. The fourth-order valence-corrected chi connectivity index (χ4v) is 3.72. The third-order valence-electron chi connectivity index (χ3n) is 5.41. The van der Waals surface area contributed by atoms with Crippen molar-refractivity contribution in [2.75, 3.05) is 7.11 Å². The van der Waals surface area contributed by atoms with Gasteiger partial charge in [0.15, 0.2) is 6.29 Å². The Morgan fingerprint density at radius 3 is 2.59 bits per heavy atom. The van der Waals surface area contributed by atoms with Crippen molar-refractivity contribution in [3.8, 4) is 0 Å². The fourth-order valence-electron chi connectivity index (χ4n) is 3.72. The number of aliphatic hydroxyl groups is 2. The second-order valence-electron chi connectivity index (χ2n) is 7.51. The number of nitrogens with zero attached hydrogens (tertiary/aromatic N) is 2. The second-order valence-corrected chi connectivity index (χ2v) is 7.51. The summed E-state index contributed by atoms with van der Waals surface area (Å²) in [5.74, 6) is -0.883. The molecule has 0 amide bonds. The van der Waals surface area contributed by atoms with Gasteiger partial charge in [-0.2, -0.15) is 0 Å². The molecule has 0 spiro atoms. The van der Waals surface area contributed by atoms with Gasteiger partial charge in [-0.15, -0.1) is 0 Å². The molecule has 1 aromatic heterocycles. The summed E-state index contributed by atoms with van der Waals surface area (Å²) in [6.07, 6.45) is 2.23. The molecule has 1 aliphatic rings. The average Bonchev–Trinajstić information content (AvgIpc) is 3.35. The fraction of sp³-hybridized carbons (Fsp3) is 0.208. The van der Waals surface area contributed by atoms with Crippen LogP contribution in [0.25, 0.3) is 17.0 Å². The van der Waals surface area contributed by atoms with E-state index in [-0.39, 0.29) is 24.0 Å². The molecule has 0 radical (unpaired) electrons. The van der Waals surface area contributed by atoms with Crippen molar-refractivity contribution in [3.05, 3.63) is 77.0 Å². The molecule has 0 saturated heterocycles. The van der Waals surface area contributed by atoms with Crippen molar-refractivity contribution in [2.24, 2.45) is 5.16 Å². The Morgan fingerprint density at radius 1 is 1.19 bits per heavy atom. The number of hydrogen-bond donors (Lipinski definition) is 2. The molecule has 1 aliphatic heterocycles. The second kappa shape index (κ2) is 8.78. The van der Waals surface area contributed by atoms with Gasteiger partial charge in [-0.05, 0) is 19.1 Å². The predicted octanol–water partition coefficient (Wildman–Crippen LogP) is 3.09. The quantitative estimate of drug-likeness (QED) is 0.267. The number of aliphatic hydroxyl groups excluding tert-OH is 1. The van der Waals surface area contributed by atoms with E-state index in [4.69, 9.17) is 9.57 Å². The summed E-state index contributed by atoms with van der Waals surface area (Å²) in [6.45, 7) is 1.92. The minimum Gasteiger partial charge on any atom is -0.469 e. The van der Waals surface area contributed by atoms with Crippen LogP contribution in [-0.4, -0.2) is 39.5 Å². The summed E-state index contributed by atoms with van der Waals surface area (Å²) in [6, 6.07) is 13.9. The van der Waals surface area contributed by atoms with Crippen molar-refractivity contribution in [3.63, 3.8) is 0 Å². The third-order valence-corrected chi connectivity index (χ3v) is 5.41. The number of rotatable bonds is 6. The van der Waals surface area contributed by atoms with Crippen LogP contribution in [0, 0.1) is 0 Å². The van der Waals surface area contributed by atoms with Gasteiger partial charge in [0.2, 0.25) is 0 Å². The lowest BCUT2D eigenvalue weighted by Gasteiger charge is -2.13. The maximum atomic E-state index is 12.4. The third kappa shape index (κ3) is 4.05.